The Kier molecular flexibility index (Phi) is 2.97. The van der Waals surface area contributed by atoms with Crippen molar-refractivity contribution in [3.63, 3.8) is 0 Å². The molecule has 0 aromatic rings. The molecule has 0 radical (unpaired) electrons. The first-order chi connectivity index (χ1) is 9.25. The third-order valence-electron chi connectivity index (χ3n) is 7.30. The Morgan fingerprint density at radius 3 is 2.21 bits per heavy atom. The van der Waals surface area contributed by atoms with Crippen molar-refractivity contribution in [1.29, 1.82) is 0 Å². The third kappa shape index (κ3) is 1.90. The van der Waals surface area contributed by atoms with E-state index in [4.69, 9.17) is 5.73 Å². The molecule has 1 spiro atoms. The summed E-state index contributed by atoms with van der Waals surface area (Å²) in [5.41, 5.74) is 7.44. The van der Waals surface area contributed by atoms with Crippen LogP contribution in [0.15, 0.2) is 0 Å². The molecule has 2 nitrogen and oxygen atoms in total. The van der Waals surface area contributed by atoms with E-state index < -0.39 is 0 Å². The highest BCUT2D eigenvalue weighted by Crippen LogP contribution is 2.54. The Hall–Kier alpha value is -0.0800. The zero-order valence-electron chi connectivity index (χ0n) is 12.4. The Morgan fingerprint density at radius 1 is 0.947 bits per heavy atom. The molecule has 108 valence electrons. The molecule has 3 aliphatic carbocycles. The molecule has 1 heterocycles. The lowest BCUT2D eigenvalue weighted by atomic mass is 9.65. The number of fused-ring (bicyclic) bond motifs is 2. The molecule has 1 saturated heterocycles. The maximum atomic E-state index is 6.30. The Labute approximate surface area is 118 Å². The van der Waals surface area contributed by atoms with Crippen molar-refractivity contribution >= 4 is 0 Å². The largest absolute Gasteiger partial charge is 0.329 e. The first-order valence-corrected chi connectivity index (χ1v) is 8.72. The van der Waals surface area contributed by atoms with Gasteiger partial charge in [-0.3, -0.25) is 4.90 Å². The van der Waals surface area contributed by atoms with Crippen molar-refractivity contribution in [3.8, 4) is 0 Å². The van der Waals surface area contributed by atoms with E-state index in [2.05, 4.69) is 4.90 Å². The molecule has 3 saturated carbocycles. The molecule has 2 heteroatoms. The number of rotatable bonds is 2. The van der Waals surface area contributed by atoms with E-state index in [9.17, 15) is 0 Å². The fourth-order valence-corrected chi connectivity index (χ4v) is 5.98. The predicted molar refractivity (Wildman–Crippen MR) is 79.0 cm³/mol. The molecule has 2 unspecified atom stereocenters. The van der Waals surface area contributed by atoms with E-state index in [-0.39, 0.29) is 0 Å². The van der Waals surface area contributed by atoms with Gasteiger partial charge >= 0.3 is 0 Å². The van der Waals surface area contributed by atoms with Crippen LogP contribution in [0, 0.1) is 11.3 Å². The highest BCUT2D eigenvalue weighted by molar-refractivity contribution is 5.07. The molecule has 4 rings (SSSR count). The number of hydrogen-bond acceptors (Lipinski definition) is 2. The Bertz CT molecular complexity index is 335. The van der Waals surface area contributed by atoms with E-state index in [1.165, 1.54) is 77.2 Å². The molecule has 19 heavy (non-hydrogen) atoms. The minimum Gasteiger partial charge on any atom is -0.329 e. The molecule has 0 aromatic heterocycles. The third-order valence-corrected chi connectivity index (χ3v) is 7.30. The average Bonchev–Trinajstić information content (AvgIpc) is 3.17. The summed E-state index contributed by atoms with van der Waals surface area (Å²) in [7, 11) is 0. The smallest absolute Gasteiger partial charge is 0.0335 e. The van der Waals surface area contributed by atoms with Crippen LogP contribution in [0.2, 0.25) is 0 Å². The SMILES string of the molecule is NCC1(N2CC3CCC2C3)CCC2(CCCC2)CC1. The number of likely N-dealkylation sites (tertiary alicyclic amines) is 1. The van der Waals surface area contributed by atoms with Gasteiger partial charge in [-0.25, -0.2) is 0 Å². The van der Waals surface area contributed by atoms with Crippen LogP contribution >= 0.6 is 0 Å². The lowest BCUT2D eigenvalue weighted by molar-refractivity contribution is -0.00506. The maximum absolute atomic E-state index is 6.30. The van der Waals surface area contributed by atoms with Crippen molar-refractivity contribution < 1.29 is 0 Å². The van der Waals surface area contributed by atoms with Crippen molar-refractivity contribution in [1.82, 2.24) is 4.90 Å². The normalized spacial score (nSPS) is 40.3. The molecule has 0 amide bonds. The van der Waals surface area contributed by atoms with E-state index in [1.54, 1.807) is 0 Å². The van der Waals surface area contributed by atoms with Crippen molar-refractivity contribution in [2.45, 2.75) is 82.2 Å². The molecular formula is C17H30N2. The van der Waals surface area contributed by atoms with Gasteiger partial charge in [-0.15, -0.1) is 0 Å². The van der Waals surface area contributed by atoms with Gasteiger partial charge in [0.25, 0.3) is 0 Å². The molecule has 2 atom stereocenters. The summed E-state index contributed by atoms with van der Waals surface area (Å²) in [5.74, 6) is 1.01. The standard InChI is InChI=1S/C17H30N2/c18-13-17(19-12-14-3-4-15(19)11-14)9-7-16(8-10-17)5-1-2-6-16/h14-15H,1-13,18H2. The minimum absolute atomic E-state index is 0.397. The highest BCUT2D eigenvalue weighted by Gasteiger charge is 2.51. The average molecular weight is 262 g/mol. The Balaban J connectivity index is 1.49. The van der Waals surface area contributed by atoms with Crippen LogP contribution < -0.4 is 5.73 Å². The second-order valence-corrected chi connectivity index (χ2v) is 8.12. The molecule has 4 fully saturated rings. The maximum Gasteiger partial charge on any atom is 0.0335 e. The fraction of sp³-hybridized carbons (Fsp3) is 1.00. The summed E-state index contributed by atoms with van der Waals surface area (Å²) in [6.45, 7) is 2.28. The molecule has 2 bridgehead atoms. The highest BCUT2D eigenvalue weighted by atomic mass is 15.3. The van der Waals surface area contributed by atoms with Gasteiger partial charge in [0.05, 0.1) is 0 Å². The number of nitrogens with two attached hydrogens (primary N) is 1. The summed E-state index contributed by atoms with van der Waals surface area (Å²) in [4.78, 5) is 2.88. The second-order valence-electron chi connectivity index (χ2n) is 8.12. The van der Waals surface area contributed by atoms with E-state index in [1.807, 2.05) is 0 Å². The van der Waals surface area contributed by atoms with Gasteiger partial charge in [-0.1, -0.05) is 12.8 Å². The van der Waals surface area contributed by atoms with Crippen LogP contribution in [0.3, 0.4) is 0 Å². The van der Waals surface area contributed by atoms with Gasteiger partial charge < -0.3 is 5.73 Å². The molecule has 4 aliphatic rings. The van der Waals surface area contributed by atoms with E-state index in [0.29, 0.717) is 5.54 Å². The Morgan fingerprint density at radius 2 is 1.68 bits per heavy atom. The summed E-state index contributed by atoms with van der Waals surface area (Å²) < 4.78 is 0. The number of hydrogen-bond donors (Lipinski definition) is 1. The van der Waals surface area contributed by atoms with Crippen LogP contribution in [0.1, 0.15) is 70.6 Å². The lowest BCUT2D eigenvalue weighted by Gasteiger charge is -2.52. The van der Waals surface area contributed by atoms with Crippen LogP contribution in [-0.2, 0) is 0 Å². The quantitative estimate of drug-likeness (QED) is 0.827. The van der Waals surface area contributed by atoms with E-state index in [0.717, 1.165) is 23.9 Å². The van der Waals surface area contributed by atoms with Crippen molar-refractivity contribution in [3.05, 3.63) is 0 Å². The van der Waals surface area contributed by atoms with Crippen LogP contribution in [-0.4, -0.2) is 29.6 Å². The monoisotopic (exact) mass is 262 g/mol. The topological polar surface area (TPSA) is 29.3 Å². The van der Waals surface area contributed by atoms with Crippen LogP contribution in [0.25, 0.3) is 0 Å². The molecule has 1 aliphatic heterocycles. The minimum atomic E-state index is 0.397. The van der Waals surface area contributed by atoms with E-state index >= 15 is 0 Å². The van der Waals surface area contributed by atoms with Gasteiger partial charge in [0.1, 0.15) is 0 Å². The van der Waals surface area contributed by atoms with Gasteiger partial charge in [-0.05, 0) is 69.1 Å². The van der Waals surface area contributed by atoms with Gasteiger partial charge in [0, 0.05) is 24.7 Å². The van der Waals surface area contributed by atoms with Gasteiger partial charge in [0.2, 0.25) is 0 Å². The lowest BCUT2D eigenvalue weighted by Crippen LogP contribution is -2.59. The van der Waals surface area contributed by atoms with Crippen LogP contribution in [0.5, 0.6) is 0 Å². The van der Waals surface area contributed by atoms with Gasteiger partial charge in [-0.2, -0.15) is 0 Å². The molecule has 0 aromatic carbocycles. The summed E-state index contributed by atoms with van der Waals surface area (Å²) in [5, 5.41) is 0. The number of nitrogens with zero attached hydrogens (tertiary/aromatic N) is 1. The van der Waals surface area contributed by atoms with Crippen LogP contribution in [0.4, 0.5) is 0 Å². The second kappa shape index (κ2) is 4.46. The van der Waals surface area contributed by atoms with Crippen molar-refractivity contribution in [2.75, 3.05) is 13.1 Å². The predicted octanol–water partition coefficient (Wildman–Crippen LogP) is 3.30. The summed E-state index contributed by atoms with van der Waals surface area (Å²) >= 11 is 0. The van der Waals surface area contributed by atoms with Crippen molar-refractivity contribution in [2.24, 2.45) is 17.1 Å². The first kappa shape index (κ1) is 12.6. The zero-order valence-corrected chi connectivity index (χ0v) is 12.4. The van der Waals surface area contributed by atoms with Gasteiger partial charge in [0.15, 0.2) is 0 Å². The number of piperidine rings is 1. The summed E-state index contributed by atoms with van der Waals surface area (Å²) in [6.07, 6.45) is 16.2. The first-order valence-electron chi connectivity index (χ1n) is 8.72. The molecule has 2 N–H and O–H groups in total. The molecular weight excluding hydrogens is 232 g/mol. The fourth-order valence-electron chi connectivity index (χ4n) is 5.98. The zero-order chi connectivity index (χ0) is 12.9. The summed E-state index contributed by atoms with van der Waals surface area (Å²) in [6, 6.07) is 0.895.